The van der Waals surface area contributed by atoms with E-state index in [1.165, 1.54) is 0 Å². The molecular weight excluding hydrogens is 264 g/mol. The molecule has 110 valence electrons. The number of amides is 1. The first kappa shape index (κ1) is 15.1. The second-order valence-corrected chi connectivity index (χ2v) is 4.97. The van der Waals surface area contributed by atoms with Crippen molar-refractivity contribution in [1.82, 2.24) is 0 Å². The van der Waals surface area contributed by atoms with Crippen LogP contribution in [0.4, 0.5) is 5.69 Å². The quantitative estimate of drug-likeness (QED) is 0.887. The third-order valence-electron chi connectivity index (χ3n) is 3.21. The molecule has 0 aromatic heterocycles. The van der Waals surface area contributed by atoms with Crippen molar-refractivity contribution in [2.75, 3.05) is 11.9 Å². The molecule has 0 atom stereocenters. The van der Waals surface area contributed by atoms with E-state index in [1.54, 1.807) is 0 Å². The first-order valence-corrected chi connectivity index (χ1v) is 6.88. The van der Waals surface area contributed by atoms with Gasteiger partial charge in [0.05, 0.1) is 0 Å². The molecule has 0 aliphatic carbocycles. The fourth-order valence-corrected chi connectivity index (χ4v) is 2.01. The normalized spacial score (nSPS) is 10.2. The molecule has 0 saturated carbocycles. The van der Waals surface area contributed by atoms with Gasteiger partial charge in [-0.25, -0.2) is 0 Å². The summed E-state index contributed by atoms with van der Waals surface area (Å²) in [5.41, 5.74) is 9.39. The Hall–Kier alpha value is -2.33. The molecule has 0 bridgehead atoms. The minimum absolute atomic E-state index is 0.0246. The van der Waals surface area contributed by atoms with E-state index in [0.29, 0.717) is 6.54 Å². The van der Waals surface area contributed by atoms with Crippen molar-refractivity contribution in [2.45, 2.75) is 20.4 Å². The lowest BCUT2D eigenvalue weighted by molar-refractivity contribution is -0.118. The number of carbonyl (C=O) groups excluding carboxylic acids is 1. The standard InChI is InChI=1S/C17H20N2O2/c1-12-7-8-13(2)16(9-12)21-11-17(20)19-15-6-4-3-5-14(15)10-18/h3-9H,10-11,18H2,1-2H3,(H,19,20). The highest BCUT2D eigenvalue weighted by Gasteiger charge is 2.07. The van der Waals surface area contributed by atoms with Crippen molar-refractivity contribution in [3.8, 4) is 5.75 Å². The minimum Gasteiger partial charge on any atom is -0.483 e. The van der Waals surface area contributed by atoms with E-state index in [0.717, 1.165) is 28.1 Å². The minimum atomic E-state index is -0.197. The van der Waals surface area contributed by atoms with E-state index in [2.05, 4.69) is 5.32 Å². The Morgan fingerprint density at radius 1 is 1.19 bits per heavy atom. The maximum atomic E-state index is 12.0. The molecular formula is C17H20N2O2. The van der Waals surface area contributed by atoms with Gasteiger partial charge in [0.15, 0.2) is 6.61 Å². The molecule has 0 unspecified atom stereocenters. The first-order chi connectivity index (χ1) is 10.1. The number of hydrogen-bond acceptors (Lipinski definition) is 3. The van der Waals surface area contributed by atoms with Crippen LogP contribution in [0, 0.1) is 13.8 Å². The summed E-state index contributed by atoms with van der Waals surface area (Å²) < 4.78 is 5.58. The number of rotatable bonds is 5. The highest BCUT2D eigenvalue weighted by molar-refractivity contribution is 5.92. The number of nitrogens with two attached hydrogens (primary N) is 1. The average molecular weight is 284 g/mol. The number of hydrogen-bond donors (Lipinski definition) is 2. The van der Waals surface area contributed by atoms with Crippen LogP contribution in [0.2, 0.25) is 0 Å². The Kier molecular flexibility index (Phi) is 4.95. The van der Waals surface area contributed by atoms with Crippen molar-refractivity contribution in [3.05, 3.63) is 59.2 Å². The van der Waals surface area contributed by atoms with E-state index < -0.39 is 0 Å². The number of anilines is 1. The summed E-state index contributed by atoms with van der Waals surface area (Å²) in [5, 5.41) is 2.82. The summed E-state index contributed by atoms with van der Waals surface area (Å²) in [6.45, 7) is 4.30. The Balaban J connectivity index is 1.97. The topological polar surface area (TPSA) is 64.3 Å². The van der Waals surface area contributed by atoms with Gasteiger partial charge in [0, 0.05) is 12.2 Å². The van der Waals surface area contributed by atoms with E-state index >= 15 is 0 Å². The summed E-state index contributed by atoms with van der Waals surface area (Å²) in [6, 6.07) is 13.4. The molecule has 3 N–H and O–H groups in total. The third-order valence-corrected chi connectivity index (χ3v) is 3.21. The van der Waals surface area contributed by atoms with Crippen LogP contribution in [0.3, 0.4) is 0 Å². The lowest BCUT2D eigenvalue weighted by Crippen LogP contribution is -2.21. The van der Waals surface area contributed by atoms with Crippen molar-refractivity contribution < 1.29 is 9.53 Å². The molecule has 2 aromatic rings. The molecule has 21 heavy (non-hydrogen) atoms. The van der Waals surface area contributed by atoms with Crippen LogP contribution in [-0.2, 0) is 11.3 Å². The predicted molar refractivity (Wildman–Crippen MR) is 84.4 cm³/mol. The number of aryl methyl sites for hydroxylation is 2. The number of nitrogens with one attached hydrogen (secondary N) is 1. The first-order valence-electron chi connectivity index (χ1n) is 6.88. The molecule has 0 spiro atoms. The summed E-state index contributed by atoms with van der Waals surface area (Å²) in [4.78, 5) is 12.0. The van der Waals surface area contributed by atoms with Crippen molar-refractivity contribution in [3.63, 3.8) is 0 Å². The van der Waals surface area contributed by atoms with E-state index in [-0.39, 0.29) is 12.5 Å². The van der Waals surface area contributed by atoms with E-state index in [9.17, 15) is 4.79 Å². The van der Waals surface area contributed by atoms with Crippen LogP contribution in [0.5, 0.6) is 5.75 Å². The molecule has 1 amide bonds. The monoisotopic (exact) mass is 284 g/mol. The summed E-state index contributed by atoms with van der Waals surface area (Å²) >= 11 is 0. The molecule has 4 heteroatoms. The van der Waals surface area contributed by atoms with Gasteiger partial charge in [-0.1, -0.05) is 30.3 Å². The number of ether oxygens (including phenoxy) is 1. The van der Waals surface area contributed by atoms with Gasteiger partial charge in [0.25, 0.3) is 5.91 Å². The van der Waals surface area contributed by atoms with Gasteiger partial charge >= 0.3 is 0 Å². The van der Waals surface area contributed by atoms with Crippen LogP contribution in [0.25, 0.3) is 0 Å². The smallest absolute Gasteiger partial charge is 0.262 e. The van der Waals surface area contributed by atoms with Gasteiger partial charge in [-0.15, -0.1) is 0 Å². The van der Waals surface area contributed by atoms with Gasteiger partial charge in [0.1, 0.15) is 5.75 Å². The lowest BCUT2D eigenvalue weighted by Gasteiger charge is -2.12. The van der Waals surface area contributed by atoms with Crippen molar-refractivity contribution in [2.24, 2.45) is 5.73 Å². The largest absolute Gasteiger partial charge is 0.483 e. The number of para-hydroxylation sites is 1. The van der Waals surface area contributed by atoms with Crippen LogP contribution >= 0.6 is 0 Å². The molecule has 0 heterocycles. The van der Waals surface area contributed by atoms with Gasteiger partial charge in [0.2, 0.25) is 0 Å². The van der Waals surface area contributed by atoms with Crippen molar-refractivity contribution >= 4 is 11.6 Å². The molecule has 0 fully saturated rings. The van der Waals surface area contributed by atoms with Crippen LogP contribution in [0.15, 0.2) is 42.5 Å². The Bertz CT molecular complexity index is 638. The highest BCUT2D eigenvalue weighted by Crippen LogP contribution is 2.19. The van der Waals surface area contributed by atoms with Crippen molar-refractivity contribution in [1.29, 1.82) is 0 Å². The van der Waals surface area contributed by atoms with E-state index in [1.807, 2.05) is 56.3 Å². The van der Waals surface area contributed by atoms with Gasteiger partial charge in [-0.05, 0) is 42.7 Å². The summed E-state index contributed by atoms with van der Waals surface area (Å²) in [5.74, 6) is 0.536. The molecule has 4 nitrogen and oxygen atoms in total. The molecule has 2 aromatic carbocycles. The van der Waals surface area contributed by atoms with Crippen LogP contribution < -0.4 is 15.8 Å². The predicted octanol–water partition coefficient (Wildman–Crippen LogP) is 2.78. The molecule has 0 aliphatic heterocycles. The number of carbonyl (C=O) groups is 1. The fourth-order valence-electron chi connectivity index (χ4n) is 2.01. The van der Waals surface area contributed by atoms with Gasteiger partial charge < -0.3 is 15.8 Å². The Morgan fingerprint density at radius 3 is 2.71 bits per heavy atom. The maximum absolute atomic E-state index is 12.0. The van der Waals surface area contributed by atoms with Gasteiger partial charge in [-0.2, -0.15) is 0 Å². The SMILES string of the molecule is Cc1ccc(C)c(OCC(=O)Nc2ccccc2CN)c1. The van der Waals surface area contributed by atoms with Crippen LogP contribution in [-0.4, -0.2) is 12.5 Å². The second-order valence-electron chi connectivity index (χ2n) is 4.97. The Labute approximate surface area is 124 Å². The van der Waals surface area contributed by atoms with Crippen LogP contribution in [0.1, 0.15) is 16.7 Å². The zero-order valence-electron chi connectivity index (χ0n) is 12.3. The zero-order chi connectivity index (χ0) is 15.2. The zero-order valence-corrected chi connectivity index (χ0v) is 12.3. The average Bonchev–Trinajstić information content (AvgIpc) is 2.49. The number of benzene rings is 2. The fraction of sp³-hybridized carbons (Fsp3) is 0.235. The van der Waals surface area contributed by atoms with Gasteiger partial charge in [-0.3, -0.25) is 4.79 Å². The summed E-state index contributed by atoms with van der Waals surface area (Å²) in [6.07, 6.45) is 0. The Morgan fingerprint density at radius 2 is 1.95 bits per heavy atom. The lowest BCUT2D eigenvalue weighted by atomic mass is 10.1. The highest BCUT2D eigenvalue weighted by atomic mass is 16.5. The second kappa shape index (κ2) is 6.90. The maximum Gasteiger partial charge on any atom is 0.262 e. The molecule has 0 radical (unpaired) electrons. The molecule has 0 aliphatic rings. The summed E-state index contributed by atoms with van der Waals surface area (Å²) in [7, 11) is 0. The molecule has 0 saturated heterocycles. The molecule has 2 rings (SSSR count). The van der Waals surface area contributed by atoms with E-state index in [4.69, 9.17) is 10.5 Å². The third kappa shape index (κ3) is 4.07.